The highest BCUT2D eigenvalue weighted by atomic mass is 32.1. The van der Waals surface area contributed by atoms with Gasteiger partial charge in [-0.15, -0.1) is 11.3 Å². The number of hydrogen-bond acceptors (Lipinski definition) is 4. The van der Waals surface area contributed by atoms with Crippen molar-refractivity contribution in [3.05, 3.63) is 35.2 Å². The van der Waals surface area contributed by atoms with Crippen LogP contribution in [0.15, 0.2) is 30.3 Å². The maximum absolute atomic E-state index is 12.7. The highest BCUT2D eigenvalue weighted by Crippen LogP contribution is 2.38. The molecule has 0 radical (unpaired) electrons. The lowest BCUT2D eigenvalue weighted by Gasteiger charge is -2.24. The van der Waals surface area contributed by atoms with Crippen LogP contribution in [0.4, 0.5) is 0 Å². The smallest absolute Gasteiger partial charge is 0.263 e. The molecule has 1 unspecified atom stereocenters. The van der Waals surface area contributed by atoms with Gasteiger partial charge in [0.25, 0.3) is 5.91 Å². The largest absolute Gasteiger partial charge is 0.486 e. The van der Waals surface area contributed by atoms with Crippen molar-refractivity contribution in [2.75, 3.05) is 20.3 Å². The van der Waals surface area contributed by atoms with E-state index >= 15 is 0 Å². The van der Waals surface area contributed by atoms with Gasteiger partial charge in [0.2, 0.25) is 0 Å². The highest BCUT2D eigenvalue weighted by Gasteiger charge is 2.33. The molecule has 0 bridgehead atoms. The second-order valence-electron chi connectivity index (χ2n) is 6.52. The molecule has 1 aromatic heterocycles. The van der Waals surface area contributed by atoms with E-state index in [1.165, 1.54) is 24.2 Å². The normalized spacial score (nSPS) is 17.4. The summed E-state index contributed by atoms with van der Waals surface area (Å²) < 4.78 is 11.2. The second kappa shape index (κ2) is 6.13. The van der Waals surface area contributed by atoms with Crippen LogP contribution in [0, 0.1) is 5.92 Å². The molecule has 0 N–H and O–H groups in total. The number of thiophene rings is 1. The van der Waals surface area contributed by atoms with Crippen molar-refractivity contribution in [3.63, 3.8) is 0 Å². The van der Waals surface area contributed by atoms with Crippen LogP contribution in [0.2, 0.25) is 0 Å². The molecule has 1 aliphatic carbocycles. The third-order valence-corrected chi connectivity index (χ3v) is 6.00. The summed E-state index contributed by atoms with van der Waals surface area (Å²) >= 11 is 1.54. The van der Waals surface area contributed by atoms with E-state index in [-0.39, 0.29) is 5.91 Å². The molecule has 1 aliphatic heterocycles. The zero-order valence-electron chi connectivity index (χ0n) is 14.0. The van der Waals surface area contributed by atoms with Crippen LogP contribution < -0.4 is 9.47 Å². The van der Waals surface area contributed by atoms with Gasteiger partial charge in [0, 0.05) is 18.0 Å². The maximum atomic E-state index is 12.7. The fourth-order valence-electron chi connectivity index (χ4n) is 3.06. The monoisotopic (exact) mass is 343 g/mol. The molecule has 2 aliphatic rings. The first kappa shape index (κ1) is 15.5. The fourth-order valence-corrected chi connectivity index (χ4v) is 4.04. The van der Waals surface area contributed by atoms with Crippen molar-refractivity contribution in [2.24, 2.45) is 5.92 Å². The Morgan fingerprint density at radius 1 is 1.17 bits per heavy atom. The lowest BCUT2D eigenvalue weighted by Crippen LogP contribution is -2.35. The van der Waals surface area contributed by atoms with Gasteiger partial charge >= 0.3 is 0 Å². The summed E-state index contributed by atoms with van der Waals surface area (Å²) in [5.41, 5.74) is 1.06. The molecule has 1 aromatic carbocycles. The average molecular weight is 343 g/mol. The van der Waals surface area contributed by atoms with Crippen molar-refractivity contribution in [1.82, 2.24) is 4.90 Å². The van der Waals surface area contributed by atoms with Crippen LogP contribution in [-0.2, 0) is 0 Å². The van der Waals surface area contributed by atoms with E-state index in [4.69, 9.17) is 9.47 Å². The summed E-state index contributed by atoms with van der Waals surface area (Å²) in [7, 11) is 1.91. The standard InChI is InChI=1S/C19H21NO3S/c1-12(13-3-4-13)20(2)19(21)18-8-7-17(24-18)14-5-6-15-16(11-14)23-10-9-22-15/h5-8,11-13H,3-4,9-10H2,1-2H3. The molecule has 2 heterocycles. The summed E-state index contributed by atoms with van der Waals surface area (Å²) in [6.07, 6.45) is 2.48. The minimum atomic E-state index is 0.114. The van der Waals surface area contributed by atoms with Gasteiger partial charge < -0.3 is 14.4 Å². The molecule has 4 nitrogen and oxygen atoms in total. The zero-order valence-corrected chi connectivity index (χ0v) is 14.8. The number of ether oxygens (including phenoxy) is 2. The molecular weight excluding hydrogens is 322 g/mol. The first-order valence-corrected chi connectivity index (χ1v) is 9.22. The van der Waals surface area contributed by atoms with Crippen molar-refractivity contribution in [3.8, 4) is 21.9 Å². The lowest BCUT2D eigenvalue weighted by atomic mass is 10.1. The summed E-state index contributed by atoms with van der Waals surface area (Å²) in [5.74, 6) is 2.36. The van der Waals surface area contributed by atoms with Gasteiger partial charge in [-0.1, -0.05) is 0 Å². The van der Waals surface area contributed by atoms with Crippen molar-refractivity contribution < 1.29 is 14.3 Å². The second-order valence-corrected chi connectivity index (χ2v) is 7.60. The Morgan fingerprint density at radius 3 is 2.67 bits per heavy atom. The van der Waals surface area contributed by atoms with Crippen molar-refractivity contribution >= 4 is 17.2 Å². The van der Waals surface area contributed by atoms with Gasteiger partial charge in [0.15, 0.2) is 11.5 Å². The molecule has 4 rings (SSSR count). The first-order valence-electron chi connectivity index (χ1n) is 8.40. The SMILES string of the molecule is CC(C1CC1)N(C)C(=O)c1ccc(-c2ccc3c(c2)OCCO3)s1. The van der Waals surface area contributed by atoms with Crippen molar-refractivity contribution in [2.45, 2.75) is 25.8 Å². The van der Waals surface area contributed by atoms with Crippen LogP contribution in [0.3, 0.4) is 0 Å². The van der Waals surface area contributed by atoms with E-state index < -0.39 is 0 Å². The molecule has 1 amide bonds. The van der Waals surface area contributed by atoms with E-state index in [0.717, 1.165) is 26.8 Å². The molecule has 1 atom stereocenters. The minimum absolute atomic E-state index is 0.114. The summed E-state index contributed by atoms with van der Waals surface area (Å²) in [4.78, 5) is 16.4. The van der Waals surface area contributed by atoms with Gasteiger partial charge in [-0.2, -0.15) is 0 Å². The summed E-state index contributed by atoms with van der Waals surface area (Å²) in [6, 6.07) is 10.2. The third-order valence-electron chi connectivity index (χ3n) is 4.88. The summed E-state index contributed by atoms with van der Waals surface area (Å²) in [6.45, 7) is 3.31. The van der Waals surface area contributed by atoms with E-state index in [1.807, 2.05) is 42.3 Å². The van der Waals surface area contributed by atoms with Gasteiger partial charge in [0.1, 0.15) is 13.2 Å². The van der Waals surface area contributed by atoms with E-state index in [1.54, 1.807) is 0 Å². The quantitative estimate of drug-likeness (QED) is 0.840. The van der Waals surface area contributed by atoms with Gasteiger partial charge in [-0.05, 0) is 61.6 Å². The predicted octanol–water partition coefficient (Wildman–Crippen LogP) is 4.06. The number of hydrogen-bond donors (Lipinski definition) is 0. The average Bonchev–Trinajstić information content (AvgIpc) is 3.36. The zero-order chi connectivity index (χ0) is 16.7. The Hall–Kier alpha value is -2.01. The molecule has 0 saturated heterocycles. The topological polar surface area (TPSA) is 38.8 Å². The van der Waals surface area contributed by atoms with E-state index in [0.29, 0.717) is 25.2 Å². The van der Waals surface area contributed by atoms with Crippen molar-refractivity contribution in [1.29, 1.82) is 0 Å². The Bertz CT molecular complexity index is 766. The highest BCUT2D eigenvalue weighted by molar-refractivity contribution is 7.17. The minimum Gasteiger partial charge on any atom is -0.486 e. The summed E-state index contributed by atoms with van der Waals surface area (Å²) in [5, 5.41) is 0. The number of fused-ring (bicyclic) bond motifs is 1. The first-order chi connectivity index (χ1) is 11.6. The van der Waals surface area contributed by atoms with Crippen LogP contribution in [0.25, 0.3) is 10.4 Å². The molecule has 24 heavy (non-hydrogen) atoms. The molecule has 1 fully saturated rings. The molecule has 0 spiro atoms. The Kier molecular flexibility index (Phi) is 3.96. The van der Waals surface area contributed by atoms with Crippen LogP contribution in [0.5, 0.6) is 11.5 Å². The maximum Gasteiger partial charge on any atom is 0.263 e. The molecule has 5 heteroatoms. The molecule has 126 valence electrons. The lowest BCUT2D eigenvalue weighted by molar-refractivity contribution is 0.0732. The van der Waals surface area contributed by atoms with Crippen LogP contribution >= 0.6 is 11.3 Å². The molecule has 1 saturated carbocycles. The van der Waals surface area contributed by atoms with E-state index in [2.05, 4.69) is 6.92 Å². The number of nitrogens with zero attached hydrogens (tertiary/aromatic N) is 1. The van der Waals surface area contributed by atoms with Gasteiger partial charge in [-0.25, -0.2) is 0 Å². The Balaban J connectivity index is 1.55. The Labute approximate surface area is 146 Å². The fraction of sp³-hybridized carbons (Fsp3) is 0.421. The Morgan fingerprint density at radius 2 is 1.92 bits per heavy atom. The van der Waals surface area contributed by atoms with E-state index in [9.17, 15) is 4.79 Å². The number of carbonyl (C=O) groups excluding carboxylic acids is 1. The van der Waals surface area contributed by atoms with Gasteiger partial charge in [0.05, 0.1) is 4.88 Å². The number of carbonyl (C=O) groups is 1. The number of amides is 1. The molecular formula is C19H21NO3S. The number of rotatable bonds is 4. The van der Waals surface area contributed by atoms with Crippen LogP contribution in [0.1, 0.15) is 29.4 Å². The third kappa shape index (κ3) is 2.88. The number of benzene rings is 1. The molecule has 2 aromatic rings. The van der Waals surface area contributed by atoms with Gasteiger partial charge in [-0.3, -0.25) is 4.79 Å². The van der Waals surface area contributed by atoms with Crippen LogP contribution in [-0.4, -0.2) is 37.1 Å². The predicted molar refractivity (Wildman–Crippen MR) is 95.0 cm³/mol.